The van der Waals surface area contributed by atoms with Gasteiger partial charge in [-0.2, -0.15) is 18.2 Å². The van der Waals surface area contributed by atoms with Gasteiger partial charge in [-0.15, -0.1) is 0 Å². The molecule has 3 fully saturated rings. The Morgan fingerprint density at radius 2 is 2.00 bits per heavy atom. The van der Waals surface area contributed by atoms with Gasteiger partial charge in [0, 0.05) is 12.1 Å². The van der Waals surface area contributed by atoms with E-state index in [0.29, 0.717) is 17.4 Å². The molecular weight excluding hydrogens is 406 g/mol. The molecule has 1 aliphatic heterocycles. The van der Waals surface area contributed by atoms with Crippen molar-refractivity contribution in [1.82, 2.24) is 15.6 Å². The van der Waals surface area contributed by atoms with Crippen LogP contribution in [0.4, 0.5) is 17.6 Å². The molecule has 2 saturated carbocycles. The summed E-state index contributed by atoms with van der Waals surface area (Å²) < 4.78 is 63.7. The Balaban J connectivity index is 1.35. The van der Waals surface area contributed by atoms with Crippen molar-refractivity contribution < 1.29 is 31.8 Å². The van der Waals surface area contributed by atoms with Gasteiger partial charge in [-0.1, -0.05) is 0 Å². The van der Waals surface area contributed by atoms with E-state index in [4.69, 9.17) is 9.47 Å². The molecule has 1 saturated heterocycles. The normalized spacial score (nSPS) is 30.5. The Kier molecular flexibility index (Phi) is 5.78. The van der Waals surface area contributed by atoms with E-state index in [9.17, 15) is 22.4 Å². The summed E-state index contributed by atoms with van der Waals surface area (Å²) in [7, 11) is 1.37. The van der Waals surface area contributed by atoms with E-state index in [1.54, 1.807) is 0 Å². The number of methoxy groups -OCH3 is 1. The van der Waals surface area contributed by atoms with Crippen LogP contribution in [0.5, 0.6) is 11.8 Å². The van der Waals surface area contributed by atoms with Crippen molar-refractivity contribution in [3.63, 3.8) is 0 Å². The number of halogens is 4. The standard InChI is InChI=1S/C20H25F4N3O3/c1-29-18-11(9-26-17(28)16-14-6-10(14)8-25-16)7-15(21)19(27-18)30-13-4-2-12(3-5-13)20(22,23)24/h7,10,12-14,16,25H,2-6,8-9H2,1H3,(H,26,28). The van der Waals surface area contributed by atoms with Gasteiger partial charge in [-0.3, -0.25) is 4.79 Å². The van der Waals surface area contributed by atoms with Gasteiger partial charge in [-0.25, -0.2) is 4.39 Å². The second kappa shape index (κ2) is 8.20. The van der Waals surface area contributed by atoms with Crippen molar-refractivity contribution in [2.45, 2.75) is 57.0 Å². The predicted octanol–water partition coefficient (Wildman–Crippen LogP) is 2.95. The molecule has 3 aliphatic rings. The van der Waals surface area contributed by atoms with Crippen LogP contribution in [0.1, 0.15) is 37.7 Å². The molecule has 166 valence electrons. The number of ether oxygens (including phenoxy) is 2. The molecule has 0 spiro atoms. The molecule has 1 amide bonds. The summed E-state index contributed by atoms with van der Waals surface area (Å²) in [6.45, 7) is 0.900. The highest BCUT2D eigenvalue weighted by Crippen LogP contribution is 2.45. The van der Waals surface area contributed by atoms with Crippen LogP contribution in [-0.4, -0.2) is 42.9 Å². The van der Waals surface area contributed by atoms with Crippen molar-refractivity contribution in [1.29, 1.82) is 0 Å². The van der Waals surface area contributed by atoms with Crippen LogP contribution < -0.4 is 20.1 Å². The quantitative estimate of drug-likeness (QED) is 0.678. The fraction of sp³-hybridized carbons (Fsp3) is 0.700. The van der Waals surface area contributed by atoms with Gasteiger partial charge in [0.1, 0.15) is 6.10 Å². The lowest BCUT2D eigenvalue weighted by Gasteiger charge is -2.30. The smallest absolute Gasteiger partial charge is 0.391 e. The maximum Gasteiger partial charge on any atom is 0.391 e. The monoisotopic (exact) mass is 431 g/mol. The van der Waals surface area contributed by atoms with Crippen molar-refractivity contribution in [2.24, 2.45) is 17.8 Å². The van der Waals surface area contributed by atoms with Gasteiger partial charge in [0.2, 0.25) is 11.8 Å². The summed E-state index contributed by atoms with van der Waals surface area (Å²) in [6.07, 6.45) is -3.41. The van der Waals surface area contributed by atoms with E-state index in [2.05, 4.69) is 15.6 Å². The Hall–Kier alpha value is -2.10. The molecule has 4 rings (SSSR count). The number of aromatic nitrogens is 1. The number of pyridine rings is 1. The molecule has 1 aromatic rings. The van der Waals surface area contributed by atoms with Gasteiger partial charge >= 0.3 is 6.18 Å². The van der Waals surface area contributed by atoms with Crippen molar-refractivity contribution >= 4 is 5.91 Å². The fourth-order valence-electron chi connectivity index (χ4n) is 4.47. The molecule has 0 aromatic carbocycles. The molecule has 1 aromatic heterocycles. The van der Waals surface area contributed by atoms with Crippen molar-refractivity contribution in [2.75, 3.05) is 13.7 Å². The van der Waals surface area contributed by atoms with E-state index >= 15 is 0 Å². The first-order valence-electron chi connectivity index (χ1n) is 10.2. The third-order valence-electron chi connectivity index (χ3n) is 6.33. The Morgan fingerprint density at radius 1 is 1.27 bits per heavy atom. The highest BCUT2D eigenvalue weighted by molar-refractivity contribution is 5.83. The molecule has 0 radical (unpaired) electrons. The van der Waals surface area contributed by atoms with E-state index in [-0.39, 0.29) is 55.9 Å². The second-order valence-corrected chi connectivity index (χ2v) is 8.34. The van der Waals surface area contributed by atoms with E-state index in [0.717, 1.165) is 13.0 Å². The van der Waals surface area contributed by atoms with Gasteiger partial charge in [-0.05, 0) is 56.6 Å². The largest absolute Gasteiger partial charge is 0.481 e. The lowest BCUT2D eigenvalue weighted by Crippen LogP contribution is -2.42. The molecule has 3 unspecified atom stereocenters. The highest BCUT2D eigenvalue weighted by Gasteiger charge is 2.50. The number of hydrogen-bond acceptors (Lipinski definition) is 5. The number of carbonyl (C=O) groups excluding carboxylic acids is 1. The van der Waals surface area contributed by atoms with Gasteiger partial charge < -0.3 is 20.1 Å². The van der Waals surface area contributed by atoms with Crippen LogP contribution in [0.3, 0.4) is 0 Å². The third kappa shape index (κ3) is 4.48. The van der Waals surface area contributed by atoms with E-state index < -0.39 is 24.0 Å². The van der Waals surface area contributed by atoms with Crippen LogP contribution >= 0.6 is 0 Å². The topological polar surface area (TPSA) is 72.5 Å². The highest BCUT2D eigenvalue weighted by atomic mass is 19.4. The number of fused-ring (bicyclic) bond motifs is 1. The van der Waals surface area contributed by atoms with Crippen LogP contribution in [0, 0.1) is 23.6 Å². The number of nitrogens with one attached hydrogen (secondary N) is 2. The molecule has 2 heterocycles. The maximum absolute atomic E-state index is 14.5. The Labute approximate surface area is 171 Å². The fourth-order valence-corrected chi connectivity index (χ4v) is 4.47. The Morgan fingerprint density at radius 3 is 2.57 bits per heavy atom. The zero-order valence-electron chi connectivity index (χ0n) is 16.6. The minimum absolute atomic E-state index is 0.0475. The number of piperidine rings is 1. The SMILES string of the molecule is COc1nc(OC2CCC(C(F)(F)F)CC2)c(F)cc1CNC(=O)C1NCC2CC21. The summed E-state index contributed by atoms with van der Waals surface area (Å²) in [5, 5.41) is 5.96. The molecule has 3 atom stereocenters. The van der Waals surface area contributed by atoms with Gasteiger partial charge in [0.05, 0.1) is 19.1 Å². The van der Waals surface area contributed by atoms with E-state index in [1.165, 1.54) is 13.2 Å². The number of rotatable bonds is 6. The first kappa shape index (κ1) is 21.1. The molecule has 6 nitrogen and oxygen atoms in total. The zero-order chi connectivity index (χ0) is 21.5. The van der Waals surface area contributed by atoms with Crippen LogP contribution in [0.2, 0.25) is 0 Å². The summed E-state index contributed by atoms with van der Waals surface area (Å²) >= 11 is 0. The molecule has 2 aliphatic carbocycles. The van der Waals surface area contributed by atoms with E-state index in [1.807, 2.05) is 0 Å². The number of carbonyl (C=O) groups is 1. The molecule has 2 N–H and O–H groups in total. The zero-order valence-corrected chi connectivity index (χ0v) is 16.6. The summed E-state index contributed by atoms with van der Waals surface area (Å²) in [6, 6.07) is 0.971. The molecule has 0 bridgehead atoms. The number of alkyl halides is 3. The van der Waals surface area contributed by atoms with Gasteiger partial charge in [0.25, 0.3) is 5.88 Å². The summed E-state index contributed by atoms with van der Waals surface area (Å²) in [4.78, 5) is 16.4. The van der Waals surface area contributed by atoms with Crippen molar-refractivity contribution in [3.8, 4) is 11.8 Å². The average Bonchev–Trinajstić information content (AvgIpc) is 3.36. The number of amides is 1. The minimum atomic E-state index is -4.21. The lowest BCUT2D eigenvalue weighted by atomic mass is 9.87. The third-order valence-corrected chi connectivity index (χ3v) is 6.33. The molecule has 30 heavy (non-hydrogen) atoms. The molecule has 10 heteroatoms. The average molecular weight is 431 g/mol. The first-order chi connectivity index (χ1) is 14.3. The summed E-state index contributed by atoms with van der Waals surface area (Å²) in [5.41, 5.74) is 0.363. The molecular formula is C20H25F4N3O3. The number of nitrogens with zero attached hydrogens (tertiary/aromatic N) is 1. The predicted molar refractivity (Wildman–Crippen MR) is 98.4 cm³/mol. The first-order valence-corrected chi connectivity index (χ1v) is 10.2. The number of hydrogen-bond donors (Lipinski definition) is 2. The Bertz CT molecular complexity index is 796. The second-order valence-electron chi connectivity index (χ2n) is 8.34. The van der Waals surface area contributed by atoms with Crippen molar-refractivity contribution in [3.05, 3.63) is 17.4 Å². The summed E-state index contributed by atoms with van der Waals surface area (Å²) in [5.74, 6) is -1.43. The maximum atomic E-state index is 14.5. The lowest BCUT2D eigenvalue weighted by molar-refractivity contribution is -0.185. The van der Waals surface area contributed by atoms with Crippen LogP contribution in [0.25, 0.3) is 0 Å². The van der Waals surface area contributed by atoms with Gasteiger partial charge in [0.15, 0.2) is 5.82 Å². The minimum Gasteiger partial charge on any atom is -0.481 e. The van der Waals surface area contributed by atoms with Crippen LogP contribution in [0.15, 0.2) is 6.07 Å². The van der Waals surface area contributed by atoms with Crippen LogP contribution in [-0.2, 0) is 11.3 Å².